The predicted octanol–water partition coefficient (Wildman–Crippen LogP) is 5.71. The van der Waals surface area contributed by atoms with Crippen LogP contribution in [0.1, 0.15) is 43.7 Å². The molecular weight excluding hydrogens is 440 g/mol. The SMILES string of the molecule is C=C(c1c(F)ccc(Br)c1F)N1CCCn2ncc(-c3[nH]ncc3C(C)CC)c21. The van der Waals surface area contributed by atoms with Crippen molar-refractivity contribution < 1.29 is 8.78 Å². The number of anilines is 1. The van der Waals surface area contributed by atoms with Crippen LogP contribution in [0.4, 0.5) is 14.6 Å². The van der Waals surface area contributed by atoms with Crippen molar-refractivity contribution in [3.8, 4) is 11.3 Å². The molecule has 3 aromatic rings. The van der Waals surface area contributed by atoms with Gasteiger partial charge in [-0.1, -0.05) is 20.4 Å². The molecular formula is C21H22BrF2N5. The molecule has 0 fully saturated rings. The van der Waals surface area contributed by atoms with Gasteiger partial charge >= 0.3 is 0 Å². The Morgan fingerprint density at radius 1 is 1.31 bits per heavy atom. The van der Waals surface area contributed by atoms with Gasteiger partial charge in [-0.3, -0.25) is 5.10 Å². The fraction of sp³-hybridized carbons (Fsp3) is 0.333. The summed E-state index contributed by atoms with van der Waals surface area (Å²) in [7, 11) is 0. The second-order valence-corrected chi connectivity index (χ2v) is 8.14. The summed E-state index contributed by atoms with van der Waals surface area (Å²) >= 11 is 3.14. The molecule has 8 heteroatoms. The monoisotopic (exact) mass is 461 g/mol. The van der Waals surface area contributed by atoms with Crippen LogP contribution in [0, 0.1) is 11.6 Å². The average molecular weight is 462 g/mol. The molecule has 0 saturated heterocycles. The first-order valence-corrected chi connectivity index (χ1v) is 10.4. The number of nitrogens with zero attached hydrogens (tertiary/aromatic N) is 4. The van der Waals surface area contributed by atoms with Gasteiger partial charge in [0.05, 0.1) is 33.7 Å². The van der Waals surface area contributed by atoms with E-state index in [1.54, 1.807) is 6.20 Å². The molecule has 3 heterocycles. The quantitative estimate of drug-likeness (QED) is 0.495. The van der Waals surface area contributed by atoms with Crippen LogP contribution in [0.3, 0.4) is 0 Å². The van der Waals surface area contributed by atoms with Crippen LogP contribution in [0.15, 0.2) is 35.6 Å². The zero-order valence-corrected chi connectivity index (χ0v) is 17.9. The molecule has 29 heavy (non-hydrogen) atoms. The summed E-state index contributed by atoms with van der Waals surface area (Å²) in [6.45, 7) is 9.64. The summed E-state index contributed by atoms with van der Waals surface area (Å²) in [5, 5.41) is 11.8. The Kier molecular flexibility index (Phi) is 5.29. The van der Waals surface area contributed by atoms with Crippen molar-refractivity contribution in [2.24, 2.45) is 0 Å². The van der Waals surface area contributed by atoms with Gasteiger partial charge in [-0.15, -0.1) is 0 Å². The highest BCUT2D eigenvalue weighted by molar-refractivity contribution is 9.10. The van der Waals surface area contributed by atoms with E-state index in [1.807, 2.05) is 15.8 Å². The second kappa shape index (κ2) is 7.74. The van der Waals surface area contributed by atoms with E-state index in [-0.39, 0.29) is 15.7 Å². The molecule has 4 rings (SSSR count). The van der Waals surface area contributed by atoms with Gasteiger partial charge in [-0.25, -0.2) is 13.5 Å². The lowest BCUT2D eigenvalue weighted by Gasteiger charge is -2.32. The van der Waals surface area contributed by atoms with Crippen LogP contribution < -0.4 is 4.90 Å². The molecule has 1 N–H and O–H groups in total. The van der Waals surface area contributed by atoms with Crippen molar-refractivity contribution >= 4 is 27.4 Å². The van der Waals surface area contributed by atoms with Gasteiger partial charge in [-0.2, -0.15) is 10.2 Å². The Morgan fingerprint density at radius 3 is 2.86 bits per heavy atom. The fourth-order valence-electron chi connectivity index (χ4n) is 3.78. The summed E-state index contributed by atoms with van der Waals surface area (Å²) in [5.41, 5.74) is 2.98. The summed E-state index contributed by atoms with van der Waals surface area (Å²) in [5.74, 6) is -0.209. The van der Waals surface area contributed by atoms with E-state index in [0.717, 1.165) is 42.0 Å². The number of fused-ring (bicyclic) bond motifs is 1. The molecule has 1 aliphatic heterocycles. The minimum absolute atomic E-state index is 0.133. The zero-order chi connectivity index (χ0) is 20.7. The van der Waals surface area contributed by atoms with Gasteiger partial charge in [-0.05, 0) is 46.8 Å². The summed E-state index contributed by atoms with van der Waals surface area (Å²) in [4.78, 5) is 1.85. The molecule has 2 aromatic heterocycles. The van der Waals surface area contributed by atoms with Crippen molar-refractivity contribution in [3.63, 3.8) is 0 Å². The Balaban J connectivity index is 1.83. The maximum Gasteiger partial charge on any atom is 0.149 e. The molecule has 0 aliphatic carbocycles. The summed E-state index contributed by atoms with van der Waals surface area (Å²) in [6, 6.07) is 2.60. The van der Waals surface area contributed by atoms with E-state index in [1.165, 1.54) is 12.1 Å². The maximum atomic E-state index is 14.7. The van der Waals surface area contributed by atoms with Crippen LogP contribution >= 0.6 is 15.9 Å². The number of halogens is 3. The molecule has 1 atom stereocenters. The van der Waals surface area contributed by atoms with Gasteiger partial charge in [0.15, 0.2) is 0 Å². The van der Waals surface area contributed by atoms with Crippen LogP contribution in [-0.2, 0) is 6.54 Å². The molecule has 0 amide bonds. The van der Waals surface area contributed by atoms with E-state index < -0.39 is 11.6 Å². The highest BCUT2D eigenvalue weighted by Crippen LogP contribution is 2.40. The average Bonchev–Trinajstić information content (AvgIpc) is 3.36. The minimum atomic E-state index is -0.657. The number of benzene rings is 1. The smallest absolute Gasteiger partial charge is 0.149 e. The highest BCUT2D eigenvalue weighted by atomic mass is 79.9. The van der Waals surface area contributed by atoms with Crippen LogP contribution in [-0.4, -0.2) is 26.5 Å². The Morgan fingerprint density at radius 2 is 2.10 bits per heavy atom. The van der Waals surface area contributed by atoms with Crippen molar-refractivity contribution in [1.29, 1.82) is 0 Å². The molecule has 0 spiro atoms. The lowest BCUT2D eigenvalue weighted by atomic mass is 9.96. The van der Waals surface area contributed by atoms with Crippen molar-refractivity contribution in [3.05, 3.63) is 58.3 Å². The van der Waals surface area contributed by atoms with Gasteiger partial charge in [0.2, 0.25) is 0 Å². The first-order valence-electron chi connectivity index (χ1n) is 9.63. The molecule has 0 saturated carbocycles. The van der Waals surface area contributed by atoms with Crippen LogP contribution in [0.5, 0.6) is 0 Å². The standard InChI is InChI=1S/C21H22BrF2N5/c1-4-12(2)14-10-25-27-20(14)15-11-26-29-9-5-8-28(21(15)29)13(3)18-17(23)7-6-16(22)19(18)24/h6-7,10-12H,3-5,8-9H2,1-2H3,(H,25,27). The molecule has 1 unspecified atom stereocenters. The number of nitrogens with one attached hydrogen (secondary N) is 1. The normalized spacial score (nSPS) is 14.7. The topological polar surface area (TPSA) is 49.7 Å². The lowest BCUT2D eigenvalue weighted by molar-refractivity contribution is 0.538. The van der Waals surface area contributed by atoms with E-state index in [2.05, 4.69) is 51.7 Å². The summed E-state index contributed by atoms with van der Waals surface area (Å²) < 4.78 is 31.3. The Bertz CT molecular complexity index is 1070. The molecule has 5 nitrogen and oxygen atoms in total. The summed E-state index contributed by atoms with van der Waals surface area (Å²) in [6.07, 6.45) is 5.39. The Hall–Kier alpha value is -2.48. The van der Waals surface area contributed by atoms with Gasteiger partial charge in [0.1, 0.15) is 17.5 Å². The zero-order valence-electron chi connectivity index (χ0n) is 16.3. The number of hydrogen-bond acceptors (Lipinski definition) is 3. The first-order chi connectivity index (χ1) is 13.9. The first kappa shape index (κ1) is 19.8. The number of aromatic amines is 1. The molecule has 152 valence electrons. The number of H-pyrrole nitrogens is 1. The number of rotatable bonds is 5. The molecule has 1 aliphatic rings. The third kappa shape index (κ3) is 3.29. The third-order valence-electron chi connectivity index (χ3n) is 5.56. The number of aromatic nitrogens is 4. The second-order valence-electron chi connectivity index (χ2n) is 7.28. The van der Waals surface area contributed by atoms with E-state index in [0.29, 0.717) is 12.5 Å². The predicted molar refractivity (Wildman–Crippen MR) is 114 cm³/mol. The van der Waals surface area contributed by atoms with Gasteiger partial charge < -0.3 is 4.90 Å². The number of hydrogen-bond donors (Lipinski definition) is 1. The Labute approximate surface area is 176 Å². The minimum Gasteiger partial charge on any atom is -0.326 e. The molecule has 1 aromatic carbocycles. The van der Waals surface area contributed by atoms with E-state index in [9.17, 15) is 8.78 Å². The lowest BCUT2D eigenvalue weighted by Crippen LogP contribution is -2.31. The van der Waals surface area contributed by atoms with Gasteiger partial charge in [0.25, 0.3) is 0 Å². The number of aryl methyl sites for hydroxylation is 1. The highest BCUT2D eigenvalue weighted by Gasteiger charge is 2.30. The largest absolute Gasteiger partial charge is 0.326 e. The van der Waals surface area contributed by atoms with Crippen molar-refractivity contribution in [1.82, 2.24) is 20.0 Å². The van der Waals surface area contributed by atoms with Crippen molar-refractivity contribution in [2.75, 3.05) is 11.4 Å². The molecule has 0 bridgehead atoms. The molecule has 0 radical (unpaired) electrons. The van der Waals surface area contributed by atoms with E-state index in [4.69, 9.17) is 0 Å². The van der Waals surface area contributed by atoms with E-state index >= 15 is 0 Å². The fourth-order valence-corrected chi connectivity index (χ4v) is 4.11. The van der Waals surface area contributed by atoms with Crippen molar-refractivity contribution in [2.45, 2.75) is 39.2 Å². The third-order valence-corrected chi connectivity index (χ3v) is 6.17. The van der Waals surface area contributed by atoms with Crippen LogP contribution in [0.2, 0.25) is 0 Å². The van der Waals surface area contributed by atoms with Crippen LogP contribution in [0.25, 0.3) is 17.0 Å². The maximum absolute atomic E-state index is 14.7. The van der Waals surface area contributed by atoms with Gasteiger partial charge in [0, 0.05) is 24.4 Å².